The third-order valence-electron chi connectivity index (χ3n) is 3.41. The molecular formula is C16H16FN5OS. The van der Waals surface area contributed by atoms with Gasteiger partial charge in [-0.15, -0.1) is 11.3 Å². The van der Waals surface area contributed by atoms with E-state index in [4.69, 9.17) is 0 Å². The van der Waals surface area contributed by atoms with Crippen molar-refractivity contribution in [1.29, 1.82) is 0 Å². The van der Waals surface area contributed by atoms with Crippen LogP contribution < -0.4 is 10.6 Å². The number of halogens is 1. The van der Waals surface area contributed by atoms with E-state index in [2.05, 4.69) is 20.7 Å². The number of aromatic nitrogens is 3. The molecule has 0 aliphatic carbocycles. The minimum atomic E-state index is -0.301. The molecule has 0 fully saturated rings. The summed E-state index contributed by atoms with van der Waals surface area (Å²) in [5.41, 5.74) is 1.75. The number of carbonyl (C=O) groups excluding carboxylic acids is 1. The van der Waals surface area contributed by atoms with Crippen LogP contribution in [-0.2, 0) is 11.8 Å². The first-order valence-corrected chi connectivity index (χ1v) is 8.16. The molecule has 1 aromatic carbocycles. The molecule has 1 unspecified atom stereocenters. The second-order valence-electron chi connectivity index (χ2n) is 5.20. The highest BCUT2D eigenvalue weighted by Gasteiger charge is 2.17. The van der Waals surface area contributed by atoms with Gasteiger partial charge in [-0.05, 0) is 17.7 Å². The number of nitrogens with zero attached hydrogens (tertiary/aromatic N) is 3. The maximum Gasteiger partial charge on any atom is 0.240 e. The summed E-state index contributed by atoms with van der Waals surface area (Å²) in [4.78, 5) is 16.1. The highest BCUT2D eigenvalue weighted by atomic mass is 32.1. The van der Waals surface area contributed by atoms with E-state index >= 15 is 0 Å². The summed E-state index contributed by atoms with van der Waals surface area (Å²) < 4.78 is 14.9. The Labute approximate surface area is 142 Å². The van der Waals surface area contributed by atoms with E-state index < -0.39 is 0 Å². The predicted octanol–water partition coefficient (Wildman–Crippen LogP) is 2.33. The predicted molar refractivity (Wildman–Crippen MR) is 90.2 cm³/mol. The normalized spacial score (nSPS) is 12.1. The van der Waals surface area contributed by atoms with E-state index in [1.54, 1.807) is 34.6 Å². The van der Waals surface area contributed by atoms with Gasteiger partial charge in [0.05, 0.1) is 18.8 Å². The molecule has 0 aliphatic rings. The molecule has 0 radical (unpaired) electrons. The SMILES string of the molecule is Cn1cc(C(NCC(=O)Nc2nccs2)c2ccc(F)cc2)cn1. The second kappa shape index (κ2) is 7.33. The van der Waals surface area contributed by atoms with Gasteiger partial charge in [-0.25, -0.2) is 9.37 Å². The first-order valence-electron chi connectivity index (χ1n) is 7.28. The van der Waals surface area contributed by atoms with E-state index in [1.807, 2.05) is 13.2 Å². The van der Waals surface area contributed by atoms with Gasteiger partial charge in [0, 0.05) is 30.4 Å². The van der Waals surface area contributed by atoms with Gasteiger partial charge in [0.25, 0.3) is 0 Å². The zero-order valence-corrected chi connectivity index (χ0v) is 13.8. The Balaban J connectivity index is 1.72. The Bertz CT molecular complexity index is 800. The fraction of sp³-hybridized carbons (Fsp3) is 0.188. The summed E-state index contributed by atoms with van der Waals surface area (Å²) >= 11 is 1.36. The van der Waals surface area contributed by atoms with Gasteiger partial charge in [0.15, 0.2) is 5.13 Å². The summed E-state index contributed by atoms with van der Waals surface area (Å²) in [5, 5.41) is 12.4. The molecule has 124 valence electrons. The molecule has 6 nitrogen and oxygen atoms in total. The Hall–Kier alpha value is -2.58. The lowest BCUT2D eigenvalue weighted by atomic mass is 10.0. The van der Waals surface area contributed by atoms with Crippen LogP contribution in [0.15, 0.2) is 48.2 Å². The van der Waals surface area contributed by atoms with Crippen molar-refractivity contribution in [3.63, 3.8) is 0 Å². The Morgan fingerprint density at radius 1 is 1.33 bits per heavy atom. The van der Waals surface area contributed by atoms with Gasteiger partial charge in [0.1, 0.15) is 5.82 Å². The number of hydrogen-bond donors (Lipinski definition) is 2. The van der Waals surface area contributed by atoms with E-state index in [-0.39, 0.29) is 24.3 Å². The summed E-state index contributed by atoms with van der Waals surface area (Å²) in [6, 6.07) is 5.92. The molecule has 1 atom stereocenters. The van der Waals surface area contributed by atoms with Crippen molar-refractivity contribution >= 4 is 22.4 Å². The zero-order chi connectivity index (χ0) is 16.9. The van der Waals surface area contributed by atoms with E-state index in [9.17, 15) is 9.18 Å². The van der Waals surface area contributed by atoms with Crippen LogP contribution in [0, 0.1) is 5.82 Å². The second-order valence-corrected chi connectivity index (χ2v) is 6.09. The molecule has 0 saturated carbocycles. The van der Waals surface area contributed by atoms with Crippen LogP contribution in [-0.4, -0.2) is 27.2 Å². The lowest BCUT2D eigenvalue weighted by molar-refractivity contribution is -0.115. The number of aryl methyl sites for hydroxylation is 1. The van der Waals surface area contributed by atoms with Gasteiger partial charge in [0.2, 0.25) is 5.91 Å². The van der Waals surface area contributed by atoms with Crippen LogP contribution in [0.4, 0.5) is 9.52 Å². The van der Waals surface area contributed by atoms with Crippen LogP contribution in [0.25, 0.3) is 0 Å². The molecule has 2 heterocycles. The van der Waals surface area contributed by atoms with Crippen molar-refractivity contribution < 1.29 is 9.18 Å². The van der Waals surface area contributed by atoms with Gasteiger partial charge >= 0.3 is 0 Å². The summed E-state index contributed by atoms with van der Waals surface area (Å²) in [7, 11) is 1.82. The molecule has 0 spiro atoms. The molecule has 24 heavy (non-hydrogen) atoms. The topological polar surface area (TPSA) is 71.8 Å². The fourth-order valence-electron chi connectivity index (χ4n) is 2.32. The lowest BCUT2D eigenvalue weighted by Gasteiger charge is -2.17. The first kappa shape index (κ1) is 16.3. The van der Waals surface area contributed by atoms with Gasteiger partial charge in [-0.1, -0.05) is 12.1 Å². The van der Waals surface area contributed by atoms with E-state index in [0.717, 1.165) is 11.1 Å². The minimum Gasteiger partial charge on any atom is -0.301 e. The standard InChI is InChI=1S/C16H16FN5OS/c1-22-10-12(8-20-22)15(11-2-4-13(17)5-3-11)19-9-14(23)21-16-18-6-7-24-16/h2-8,10,15,19H,9H2,1H3,(H,18,21,23). The number of nitrogens with one attached hydrogen (secondary N) is 2. The zero-order valence-electron chi connectivity index (χ0n) is 12.9. The Kier molecular flexibility index (Phi) is 4.97. The number of hydrogen-bond acceptors (Lipinski definition) is 5. The summed E-state index contributed by atoms with van der Waals surface area (Å²) in [6.45, 7) is 0.0938. The number of carbonyl (C=O) groups is 1. The van der Waals surface area contributed by atoms with Crippen molar-refractivity contribution in [3.05, 3.63) is 65.2 Å². The van der Waals surface area contributed by atoms with Crippen molar-refractivity contribution in [1.82, 2.24) is 20.1 Å². The number of rotatable bonds is 6. The van der Waals surface area contributed by atoms with Crippen LogP contribution in [0.2, 0.25) is 0 Å². The monoisotopic (exact) mass is 345 g/mol. The van der Waals surface area contributed by atoms with E-state index in [1.165, 1.54) is 23.5 Å². The molecule has 2 N–H and O–H groups in total. The third kappa shape index (κ3) is 4.03. The summed E-state index contributed by atoms with van der Waals surface area (Å²) in [6.07, 6.45) is 5.21. The van der Waals surface area contributed by atoms with Crippen molar-refractivity contribution in [3.8, 4) is 0 Å². The van der Waals surface area contributed by atoms with Gasteiger partial charge < -0.3 is 5.32 Å². The number of anilines is 1. The third-order valence-corrected chi connectivity index (χ3v) is 4.10. The molecular weight excluding hydrogens is 329 g/mol. The quantitative estimate of drug-likeness (QED) is 0.719. The van der Waals surface area contributed by atoms with Crippen LogP contribution in [0.5, 0.6) is 0 Å². The maximum absolute atomic E-state index is 13.2. The highest BCUT2D eigenvalue weighted by molar-refractivity contribution is 7.13. The molecule has 3 aromatic rings. The molecule has 3 rings (SSSR count). The van der Waals surface area contributed by atoms with Crippen molar-refractivity contribution in [2.75, 3.05) is 11.9 Å². The average Bonchev–Trinajstić information content (AvgIpc) is 3.21. The molecule has 0 saturated heterocycles. The molecule has 0 bridgehead atoms. The molecule has 8 heteroatoms. The lowest BCUT2D eigenvalue weighted by Crippen LogP contribution is -2.31. The Morgan fingerprint density at radius 2 is 2.12 bits per heavy atom. The molecule has 1 amide bonds. The average molecular weight is 345 g/mol. The maximum atomic E-state index is 13.2. The molecule has 2 aromatic heterocycles. The smallest absolute Gasteiger partial charge is 0.240 e. The number of benzene rings is 1. The van der Waals surface area contributed by atoms with Gasteiger partial charge in [-0.3, -0.25) is 14.8 Å². The van der Waals surface area contributed by atoms with E-state index in [0.29, 0.717) is 5.13 Å². The fourth-order valence-corrected chi connectivity index (χ4v) is 2.86. The molecule has 0 aliphatic heterocycles. The first-order chi connectivity index (χ1) is 11.6. The van der Waals surface area contributed by atoms with Crippen molar-refractivity contribution in [2.24, 2.45) is 7.05 Å². The largest absolute Gasteiger partial charge is 0.301 e. The Morgan fingerprint density at radius 3 is 2.75 bits per heavy atom. The highest BCUT2D eigenvalue weighted by Crippen LogP contribution is 2.21. The van der Waals surface area contributed by atoms with Gasteiger partial charge in [-0.2, -0.15) is 5.10 Å². The number of thiazole rings is 1. The summed E-state index contributed by atoms with van der Waals surface area (Å²) in [5.74, 6) is -0.494. The van der Waals surface area contributed by atoms with Crippen LogP contribution in [0.3, 0.4) is 0 Å². The van der Waals surface area contributed by atoms with Crippen LogP contribution >= 0.6 is 11.3 Å². The van der Waals surface area contributed by atoms with Crippen LogP contribution in [0.1, 0.15) is 17.2 Å². The minimum absolute atomic E-state index is 0.0938. The van der Waals surface area contributed by atoms with Crippen molar-refractivity contribution in [2.45, 2.75) is 6.04 Å². The number of amides is 1.